The molecule has 3 atom stereocenters. The van der Waals surface area contributed by atoms with Crippen molar-refractivity contribution >= 4 is 8.32 Å². The molecule has 0 aromatic rings. The van der Waals surface area contributed by atoms with E-state index in [0.717, 1.165) is 6.61 Å². The van der Waals surface area contributed by atoms with Crippen LogP contribution in [0.1, 0.15) is 20.8 Å². The zero-order valence-corrected chi connectivity index (χ0v) is 13.9. The summed E-state index contributed by atoms with van der Waals surface area (Å²) in [5, 5.41) is 0.168. The lowest BCUT2D eigenvalue weighted by molar-refractivity contribution is -0.0150. The molecule has 1 heterocycles. The number of hydrogen-bond donors (Lipinski definition) is 0. The van der Waals surface area contributed by atoms with E-state index in [1.165, 1.54) is 0 Å². The lowest BCUT2D eigenvalue weighted by Crippen LogP contribution is -2.48. The van der Waals surface area contributed by atoms with Gasteiger partial charge >= 0.3 is 0 Å². The highest BCUT2D eigenvalue weighted by atomic mass is 28.4. The molecule has 0 aromatic carbocycles. The molecular weight excluding hydrogens is 256 g/mol. The Morgan fingerprint density at radius 1 is 1.37 bits per heavy atom. The van der Waals surface area contributed by atoms with Crippen LogP contribution in [0.3, 0.4) is 0 Å². The van der Waals surface area contributed by atoms with Crippen molar-refractivity contribution in [3.63, 3.8) is 0 Å². The van der Waals surface area contributed by atoms with Crippen molar-refractivity contribution < 1.29 is 13.9 Å². The molecule has 1 aliphatic heterocycles. The maximum absolute atomic E-state index is 6.39. The van der Waals surface area contributed by atoms with E-state index in [9.17, 15) is 0 Å². The van der Waals surface area contributed by atoms with Gasteiger partial charge in [-0.2, -0.15) is 0 Å². The predicted molar refractivity (Wildman–Crippen MR) is 81.9 cm³/mol. The minimum Gasteiger partial charge on any atom is -0.408 e. The molecule has 1 saturated heterocycles. The Kier molecular flexibility index (Phi) is 5.56. The molecule has 19 heavy (non-hydrogen) atoms. The number of hydrogen-bond acceptors (Lipinski definition) is 3. The fourth-order valence-electron chi connectivity index (χ4n) is 1.60. The van der Waals surface area contributed by atoms with Gasteiger partial charge in [0.15, 0.2) is 8.32 Å². The van der Waals surface area contributed by atoms with Gasteiger partial charge in [-0.15, -0.1) is 13.2 Å². The third-order valence-corrected chi connectivity index (χ3v) is 8.40. The van der Waals surface area contributed by atoms with Crippen molar-refractivity contribution in [2.24, 2.45) is 0 Å². The van der Waals surface area contributed by atoms with Crippen molar-refractivity contribution in [2.45, 2.75) is 57.2 Å². The smallest absolute Gasteiger partial charge is 0.193 e. The molecule has 1 aliphatic rings. The minimum atomic E-state index is -1.84. The summed E-state index contributed by atoms with van der Waals surface area (Å²) >= 11 is 0. The molecule has 0 unspecified atom stereocenters. The number of epoxide rings is 1. The lowest BCUT2D eigenvalue weighted by Gasteiger charge is -2.40. The van der Waals surface area contributed by atoms with Crippen molar-refractivity contribution in [2.75, 3.05) is 13.2 Å². The second-order valence-electron chi connectivity index (χ2n) is 6.54. The standard InChI is InChI=1S/C15H28O3Si/c1-8-10-16-14(13-11-17-13)12(9-2)18-19(6,7)15(3,4)5/h8-9,12-14H,1-2,10-11H2,3-7H3/t12-,13-,14+/m1/s1. The predicted octanol–water partition coefficient (Wildman–Crippen LogP) is 3.53. The molecule has 1 fully saturated rings. The largest absolute Gasteiger partial charge is 0.408 e. The first-order valence-electron chi connectivity index (χ1n) is 6.87. The van der Waals surface area contributed by atoms with Gasteiger partial charge in [-0.1, -0.05) is 32.9 Å². The Hall–Kier alpha value is -0.423. The molecule has 0 N–H and O–H groups in total. The van der Waals surface area contributed by atoms with Crippen LogP contribution in [0.15, 0.2) is 25.3 Å². The lowest BCUT2D eigenvalue weighted by atomic mass is 10.1. The Morgan fingerprint density at radius 2 is 1.95 bits per heavy atom. The molecule has 4 heteroatoms. The average molecular weight is 284 g/mol. The number of ether oxygens (including phenoxy) is 2. The molecule has 0 radical (unpaired) electrons. The van der Waals surface area contributed by atoms with Crippen LogP contribution in [0.4, 0.5) is 0 Å². The molecule has 0 aromatic heterocycles. The van der Waals surface area contributed by atoms with E-state index in [1.54, 1.807) is 6.08 Å². The van der Waals surface area contributed by atoms with Gasteiger partial charge in [0, 0.05) is 0 Å². The van der Waals surface area contributed by atoms with Crippen molar-refractivity contribution in [3.8, 4) is 0 Å². The fourth-order valence-corrected chi connectivity index (χ4v) is 2.87. The Labute approximate surface area is 118 Å². The van der Waals surface area contributed by atoms with Crippen LogP contribution in [0.5, 0.6) is 0 Å². The van der Waals surface area contributed by atoms with Gasteiger partial charge in [-0.3, -0.25) is 0 Å². The second kappa shape index (κ2) is 6.35. The monoisotopic (exact) mass is 284 g/mol. The molecule has 0 bridgehead atoms. The minimum absolute atomic E-state index is 0.0791. The molecule has 0 amide bonds. The summed E-state index contributed by atoms with van der Waals surface area (Å²) in [5.74, 6) is 0. The van der Waals surface area contributed by atoms with Gasteiger partial charge in [-0.05, 0) is 18.1 Å². The summed E-state index contributed by atoms with van der Waals surface area (Å²) in [6, 6.07) is 0. The van der Waals surface area contributed by atoms with E-state index in [2.05, 4.69) is 47.0 Å². The van der Waals surface area contributed by atoms with Crippen LogP contribution in [-0.4, -0.2) is 39.8 Å². The summed E-state index contributed by atoms with van der Waals surface area (Å²) < 4.78 is 17.6. The summed E-state index contributed by atoms with van der Waals surface area (Å²) in [4.78, 5) is 0. The first kappa shape index (κ1) is 16.6. The van der Waals surface area contributed by atoms with Gasteiger partial charge in [0.2, 0.25) is 0 Å². The Balaban J connectivity index is 2.74. The van der Waals surface area contributed by atoms with Crippen molar-refractivity contribution in [1.82, 2.24) is 0 Å². The summed E-state index contributed by atoms with van der Waals surface area (Å²) in [7, 11) is -1.84. The van der Waals surface area contributed by atoms with Crippen LogP contribution in [0.2, 0.25) is 18.1 Å². The van der Waals surface area contributed by atoms with Gasteiger partial charge < -0.3 is 13.9 Å². The quantitative estimate of drug-likeness (QED) is 0.388. The Bertz CT molecular complexity index is 316. The molecule has 0 aliphatic carbocycles. The molecule has 0 saturated carbocycles. The topological polar surface area (TPSA) is 31.0 Å². The van der Waals surface area contributed by atoms with Crippen LogP contribution in [-0.2, 0) is 13.9 Å². The normalized spacial score (nSPS) is 22.7. The van der Waals surface area contributed by atoms with Crippen LogP contribution in [0.25, 0.3) is 0 Å². The fraction of sp³-hybridized carbons (Fsp3) is 0.733. The molecule has 3 nitrogen and oxygen atoms in total. The first-order chi connectivity index (χ1) is 8.73. The SMILES string of the molecule is C=CCO[C@@H]([C@@H](C=C)O[Si](C)(C)C(C)(C)C)[C@H]1CO1. The van der Waals surface area contributed by atoms with E-state index in [0.29, 0.717) is 6.61 Å². The van der Waals surface area contributed by atoms with Crippen molar-refractivity contribution in [1.29, 1.82) is 0 Å². The van der Waals surface area contributed by atoms with Gasteiger partial charge in [0.05, 0.1) is 19.3 Å². The third kappa shape index (κ3) is 4.56. The van der Waals surface area contributed by atoms with E-state index in [4.69, 9.17) is 13.9 Å². The van der Waals surface area contributed by atoms with Crippen LogP contribution >= 0.6 is 0 Å². The molecule has 110 valence electrons. The van der Waals surface area contributed by atoms with Gasteiger partial charge in [0.25, 0.3) is 0 Å². The zero-order chi connectivity index (χ0) is 14.7. The highest BCUT2D eigenvalue weighted by Gasteiger charge is 2.44. The van der Waals surface area contributed by atoms with E-state index < -0.39 is 8.32 Å². The van der Waals surface area contributed by atoms with Crippen LogP contribution in [0, 0.1) is 0 Å². The summed E-state index contributed by atoms with van der Waals surface area (Å²) in [5.41, 5.74) is 0. The third-order valence-electron chi connectivity index (χ3n) is 3.93. The van der Waals surface area contributed by atoms with E-state index >= 15 is 0 Å². The summed E-state index contributed by atoms with van der Waals surface area (Å²) in [6.07, 6.45) is 3.53. The first-order valence-corrected chi connectivity index (χ1v) is 9.78. The molecular formula is C15H28O3Si. The second-order valence-corrected chi connectivity index (χ2v) is 11.3. The summed E-state index contributed by atoms with van der Waals surface area (Å²) in [6.45, 7) is 20.0. The maximum atomic E-state index is 6.39. The molecule has 1 rings (SSSR count). The number of rotatable bonds is 8. The van der Waals surface area contributed by atoms with Gasteiger partial charge in [0.1, 0.15) is 12.2 Å². The Morgan fingerprint density at radius 3 is 2.32 bits per heavy atom. The van der Waals surface area contributed by atoms with E-state index in [1.807, 2.05) is 6.08 Å². The highest BCUT2D eigenvalue weighted by Crippen LogP contribution is 2.38. The van der Waals surface area contributed by atoms with Crippen LogP contribution < -0.4 is 0 Å². The zero-order valence-electron chi connectivity index (χ0n) is 12.9. The average Bonchev–Trinajstić information content (AvgIpc) is 3.10. The molecule has 0 spiro atoms. The van der Waals surface area contributed by atoms with Crippen molar-refractivity contribution in [3.05, 3.63) is 25.3 Å². The van der Waals surface area contributed by atoms with Gasteiger partial charge in [-0.25, -0.2) is 0 Å². The van der Waals surface area contributed by atoms with E-state index in [-0.39, 0.29) is 23.4 Å². The maximum Gasteiger partial charge on any atom is 0.193 e. The highest BCUT2D eigenvalue weighted by molar-refractivity contribution is 6.74.